The van der Waals surface area contributed by atoms with Crippen molar-refractivity contribution in [2.45, 2.75) is 26.8 Å². The highest BCUT2D eigenvalue weighted by Crippen LogP contribution is 2.27. The van der Waals surface area contributed by atoms with Crippen LogP contribution in [0.2, 0.25) is 0 Å². The molecule has 0 N–H and O–H groups in total. The van der Waals surface area contributed by atoms with Crippen LogP contribution in [0.25, 0.3) is 0 Å². The molecule has 0 saturated heterocycles. The normalized spacial score (nSPS) is 11.8. The quantitative estimate of drug-likeness (QED) is 0.605. The number of anilines is 1. The number of hydrogen-bond acceptors (Lipinski definition) is 5. The average Bonchev–Trinajstić information content (AvgIpc) is 3.06. The molecule has 0 unspecified atom stereocenters. The molecular weight excluding hydrogens is 294 g/mol. The second-order valence-corrected chi connectivity index (χ2v) is 5.47. The van der Waals surface area contributed by atoms with Gasteiger partial charge in [0.05, 0.1) is 19.9 Å². The van der Waals surface area contributed by atoms with Gasteiger partial charge in [-0.1, -0.05) is 18.2 Å². The lowest BCUT2D eigenvalue weighted by Gasteiger charge is -2.31. The predicted molar refractivity (Wildman–Crippen MR) is 87.8 cm³/mol. The Morgan fingerprint density at radius 1 is 1.17 bits per heavy atom. The number of furan rings is 1. The Morgan fingerprint density at radius 3 is 2.35 bits per heavy atom. The second kappa shape index (κ2) is 7.13. The summed E-state index contributed by atoms with van der Waals surface area (Å²) in [5.41, 5.74) is 2.85. The summed E-state index contributed by atoms with van der Waals surface area (Å²) in [4.78, 5) is 26.2. The van der Waals surface area contributed by atoms with E-state index >= 15 is 0 Å². The van der Waals surface area contributed by atoms with Gasteiger partial charge in [0.25, 0.3) is 0 Å². The minimum absolute atomic E-state index is 0.0372. The first kappa shape index (κ1) is 16.8. The molecule has 0 fully saturated rings. The lowest BCUT2D eigenvalue weighted by atomic mass is 10.1. The fourth-order valence-corrected chi connectivity index (χ4v) is 2.64. The van der Waals surface area contributed by atoms with Gasteiger partial charge in [0.2, 0.25) is 5.78 Å². The van der Waals surface area contributed by atoms with E-state index in [9.17, 15) is 9.59 Å². The maximum atomic E-state index is 12.4. The summed E-state index contributed by atoms with van der Waals surface area (Å²) in [7, 11) is 1.34. The first-order valence-corrected chi connectivity index (χ1v) is 7.43. The summed E-state index contributed by atoms with van der Waals surface area (Å²) in [6.07, 6.45) is 1.46. The summed E-state index contributed by atoms with van der Waals surface area (Å²) in [6, 6.07) is 8.56. The minimum atomic E-state index is -0.585. The lowest BCUT2D eigenvalue weighted by Crippen LogP contribution is -2.43. The molecule has 5 heteroatoms. The van der Waals surface area contributed by atoms with E-state index in [1.165, 1.54) is 13.4 Å². The number of aryl methyl sites for hydroxylation is 2. The van der Waals surface area contributed by atoms with Crippen LogP contribution in [-0.4, -0.2) is 31.4 Å². The number of methoxy groups -OCH3 is 1. The highest BCUT2D eigenvalue weighted by molar-refractivity contribution is 5.98. The number of esters is 1. The fourth-order valence-electron chi connectivity index (χ4n) is 2.64. The Kier molecular flexibility index (Phi) is 5.21. The Bertz CT molecular complexity index is 671. The number of nitrogens with zero attached hydrogens (tertiary/aromatic N) is 1. The van der Waals surface area contributed by atoms with E-state index in [1.54, 1.807) is 24.0 Å². The number of carbonyl (C=O) groups is 2. The van der Waals surface area contributed by atoms with Crippen LogP contribution in [0.1, 0.15) is 28.6 Å². The molecule has 122 valence electrons. The van der Waals surface area contributed by atoms with Crippen molar-refractivity contribution in [2.24, 2.45) is 0 Å². The third-order valence-electron chi connectivity index (χ3n) is 3.85. The largest absolute Gasteiger partial charge is 0.467 e. The molecule has 0 aliphatic heterocycles. The van der Waals surface area contributed by atoms with Crippen molar-refractivity contribution in [2.75, 3.05) is 18.6 Å². The Morgan fingerprint density at radius 2 is 1.83 bits per heavy atom. The molecule has 0 bridgehead atoms. The van der Waals surface area contributed by atoms with Crippen molar-refractivity contribution in [3.8, 4) is 0 Å². The van der Waals surface area contributed by atoms with E-state index < -0.39 is 6.04 Å². The zero-order chi connectivity index (χ0) is 17.0. The Hall–Kier alpha value is -2.56. The highest BCUT2D eigenvalue weighted by atomic mass is 16.5. The van der Waals surface area contributed by atoms with Gasteiger partial charge in [-0.15, -0.1) is 0 Å². The molecule has 0 aliphatic carbocycles. The van der Waals surface area contributed by atoms with Gasteiger partial charge < -0.3 is 14.1 Å². The van der Waals surface area contributed by atoms with Gasteiger partial charge in [-0.05, 0) is 44.0 Å². The number of carbonyl (C=O) groups excluding carboxylic acids is 2. The first-order valence-electron chi connectivity index (χ1n) is 7.43. The molecule has 1 atom stereocenters. The van der Waals surface area contributed by atoms with Crippen LogP contribution in [0, 0.1) is 13.8 Å². The highest BCUT2D eigenvalue weighted by Gasteiger charge is 2.27. The number of ether oxygens (including phenoxy) is 1. The third-order valence-corrected chi connectivity index (χ3v) is 3.85. The molecule has 1 heterocycles. The zero-order valence-electron chi connectivity index (χ0n) is 13.8. The molecule has 2 rings (SSSR count). The monoisotopic (exact) mass is 315 g/mol. The molecular formula is C18H21NO4. The number of rotatable bonds is 6. The van der Waals surface area contributed by atoms with E-state index in [-0.39, 0.29) is 24.1 Å². The second-order valence-electron chi connectivity index (χ2n) is 5.47. The standard InChI is InChI=1S/C18H21NO4/c1-12-7-5-8-13(2)17(12)19(14(3)18(21)22-4)11-15(20)16-9-6-10-23-16/h5-10,14H,11H2,1-4H3/t14-/m0/s1. The Labute approximate surface area is 135 Å². The fraction of sp³-hybridized carbons (Fsp3) is 0.333. The number of hydrogen-bond donors (Lipinski definition) is 0. The summed E-state index contributed by atoms with van der Waals surface area (Å²) < 4.78 is 10.0. The van der Waals surface area contributed by atoms with E-state index in [1.807, 2.05) is 32.0 Å². The van der Waals surface area contributed by atoms with Crippen molar-refractivity contribution in [3.63, 3.8) is 0 Å². The summed E-state index contributed by atoms with van der Waals surface area (Å²) in [6.45, 7) is 5.68. The maximum Gasteiger partial charge on any atom is 0.328 e. The molecule has 5 nitrogen and oxygen atoms in total. The zero-order valence-corrected chi connectivity index (χ0v) is 13.8. The molecule has 2 aromatic rings. The van der Waals surface area contributed by atoms with Gasteiger partial charge in [0.15, 0.2) is 5.76 Å². The van der Waals surface area contributed by atoms with Gasteiger partial charge >= 0.3 is 5.97 Å². The summed E-state index contributed by atoms with van der Waals surface area (Å²) in [5.74, 6) is -0.299. The summed E-state index contributed by atoms with van der Waals surface area (Å²) >= 11 is 0. The number of benzene rings is 1. The smallest absolute Gasteiger partial charge is 0.328 e. The third kappa shape index (κ3) is 3.62. The maximum absolute atomic E-state index is 12.4. The molecule has 0 spiro atoms. The van der Waals surface area contributed by atoms with Crippen LogP contribution >= 0.6 is 0 Å². The van der Waals surface area contributed by atoms with Gasteiger partial charge in [0, 0.05) is 5.69 Å². The molecule has 1 aromatic heterocycles. The van der Waals surface area contributed by atoms with Crippen molar-refractivity contribution in [1.29, 1.82) is 0 Å². The van der Waals surface area contributed by atoms with Crippen molar-refractivity contribution in [1.82, 2.24) is 0 Å². The van der Waals surface area contributed by atoms with E-state index in [2.05, 4.69) is 0 Å². The van der Waals surface area contributed by atoms with Crippen LogP contribution in [0.3, 0.4) is 0 Å². The lowest BCUT2D eigenvalue weighted by molar-refractivity contribution is -0.141. The van der Waals surface area contributed by atoms with Gasteiger partial charge in [-0.2, -0.15) is 0 Å². The van der Waals surface area contributed by atoms with Gasteiger partial charge in [-0.3, -0.25) is 4.79 Å². The van der Waals surface area contributed by atoms with Crippen LogP contribution in [0.15, 0.2) is 41.0 Å². The van der Waals surface area contributed by atoms with Crippen LogP contribution in [0.4, 0.5) is 5.69 Å². The van der Waals surface area contributed by atoms with Gasteiger partial charge in [-0.25, -0.2) is 4.79 Å². The molecule has 0 radical (unpaired) electrons. The number of ketones is 1. The summed E-state index contributed by atoms with van der Waals surface area (Å²) in [5, 5.41) is 0. The van der Waals surface area contributed by atoms with Gasteiger partial charge in [0.1, 0.15) is 6.04 Å². The Balaban J connectivity index is 2.40. The molecule has 0 aliphatic rings. The van der Waals surface area contributed by atoms with Crippen molar-refractivity contribution >= 4 is 17.4 Å². The molecule has 23 heavy (non-hydrogen) atoms. The average molecular weight is 315 g/mol. The number of Topliss-reactive ketones (excluding diaryl/α,β-unsaturated/α-hetero) is 1. The number of para-hydroxylation sites is 1. The molecule has 1 aromatic carbocycles. The minimum Gasteiger partial charge on any atom is -0.467 e. The van der Waals surface area contributed by atoms with Crippen molar-refractivity contribution in [3.05, 3.63) is 53.5 Å². The first-order chi connectivity index (χ1) is 11.0. The molecule has 0 amide bonds. The van der Waals surface area contributed by atoms with E-state index in [0.29, 0.717) is 0 Å². The van der Waals surface area contributed by atoms with E-state index in [4.69, 9.17) is 9.15 Å². The SMILES string of the molecule is COC(=O)[C@H](C)N(CC(=O)c1ccco1)c1c(C)cccc1C. The van der Waals surface area contributed by atoms with Crippen molar-refractivity contribution < 1.29 is 18.7 Å². The topological polar surface area (TPSA) is 59.8 Å². The molecule has 0 saturated carbocycles. The van der Waals surface area contributed by atoms with Crippen LogP contribution in [0.5, 0.6) is 0 Å². The van der Waals surface area contributed by atoms with E-state index in [0.717, 1.165) is 16.8 Å². The predicted octanol–water partition coefficient (Wildman–Crippen LogP) is 3.15. The van der Waals surface area contributed by atoms with Crippen LogP contribution < -0.4 is 4.90 Å². The van der Waals surface area contributed by atoms with Crippen LogP contribution in [-0.2, 0) is 9.53 Å².